The highest BCUT2D eigenvalue weighted by molar-refractivity contribution is 5.90. The van der Waals surface area contributed by atoms with E-state index in [-0.39, 0.29) is 48.4 Å². The van der Waals surface area contributed by atoms with Gasteiger partial charge in [-0.2, -0.15) is 0 Å². The van der Waals surface area contributed by atoms with E-state index in [0.717, 1.165) is 0 Å². The standard InChI is InChI=1S/C35H46N4O11/c1-18-25(16-24(40)17-36-32(47)49-34(2,3)4)38-29(42)26(39-33(48)50-35(5,6)7)15-22-13-20(8-9-28(22)41)21-10-19(11-23(14-21)30(43)44)12-27(37-18)31(45)46/h8-11,13-14,24-27,37,40-41H,1,12,15-17H2,2-7H3,(H,36,47)(H,38,42)(H,39,48)(H,43,44)(H,45,46)/t24?,25-,26?,27-/m0/s1. The van der Waals surface area contributed by atoms with Crippen molar-refractivity contribution >= 4 is 30.0 Å². The minimum atomic E-state index is -1.38. The highest BCUT2D eigenvalue weighted by Crippen LogP contribution is 2.30. The minimum absolute atomic E-state index is 0.0361. The normalized spacial score (nSPS) is 19.0. The molecule has 0 spiro atoms. The van der Waals surface area contributed by atoms with E-state index in [4.69, 9.17) is 9.47 Å². The molecule has 1 heterocycles. The number of ether oxygens (including phenoxy) is 2. The summed E-state index contributed by atoms with van der Waals surface area (Å²) in [6.07, 6.45) is -3.78. The number of aliphatic hydroxyl groups excluding tert-OH is 1. The van der Waals surface area contributed by atoms with Crippen molar-refractivity contribution in [3.8, 4) is 16.9 Å². The number of fused-ring (bicyclic) bond motifs is 5. The van der Waals surface area contributed by atoms with Crippen LogP contribution < -0.4 is 21.3 Å². The van der Waals surface area contributed by atoms with E-state index >= 15 is 0 Å². The van der Waals surface area contributed by atoms with E-state index in [1.807, 2.05) is 0 Å². The molecule has 4 atom stereocenters. The summed E-state index contributed by atoms with van der Waals surface area (Å²) in [5, 5.41) is 52.1. The Morgan fingerprint density at radius 1 is 0.920 bits per heavy atom. The molecule has 0 fully saturated rings. The molecule has 2 aromatic rings. The number of nitrogens with one attached hydrogen (secondary N) is 4. The Bertz CT molecular complexity index is 1630. The third-order valence-corrected chi connectivity index (χ3v) is 7.31. The number of alkyl carbamates (subject to hydrolysis) is 2. The Morgan fingerprint density at radius 2 is 1.56 bits per heavy atom. The van der Waals surface area contributed by atoms with Crippen LogP contribution in [0.5, 0.6) is 5.75 Å². The lowest BCUT2D eigenvalue weighted by molar-refractivity contribution is -0.139. The maximum Gasteiger partial charge on any atom is 0.408 e. The number of rotatable bonds is 7. The highest BCUT2D eigenvalue weighted by atomic mass is 16.6. The maximum atomic E-state index is 13.9. The number of aromatic carboxylic acids is 1. The number of aromatic hydroxyl groups is 1. The van der Waals surface area contributed by atoms with Crippen molar-refractivity contribution in [3.63, 3.8) is 0 Å². The maximum absolute atomic E-state index is 13.9. The van der Waals surface area contributed by atoms with Crippen LogP contribution in [0.15, 0.2) is 48.7 Å². The lowest BCUT2D eigenvalue weighted by Gasteiger charge is -2.29. The lowest BCUT2D eigenvalue weighted by Crippen LogP contribution is -2.54. The van der Waals surface area contributed by atoms with Crippen LogP contribution in [0.3, 0.4) is 0 Å². The molecular weight excluding hydrogens is 652 g/mol. The van der Waals surface area contributed by atoms with Crippen molar-refractivity contribution in [1.29, 1.82) is 0 Å². The van der Waals surface area contributed by atoms with Gasteiger partial charge in [0.25, 0.3) is 0 Å². The summed E-state index contributed by atoms with van der Waals surface area (Å²) in [6.45, 7) is 13.5. The van der Waals surface area contributed by atoms with Crippen LogP contribution >= 0.6 is 0 Å². The first-order valence-corrected chi connectivity index (χ1v) is 15.9. The first kappa shape index (κ1) is 39.1. The zero-order chi connectivity index (χ0) is 37.6. The summed E-state index contributed by atoms with van der Waals surface area (Å²) >= 11 is 0. The second-order valence-corrected chi connectivity index (χ2v) is 14.1. The topological polar surface area (TPSA) is 233 Å². The van der Waals surface area contributed by atoms with Crippen LogP contribution in [0.1, 0.15) is 69.4 Å². The number of hydrogen-bond acceptors (Lipinski definition) is 10. The van der Waals surface area contributed by atoms with Gasteiger partial charge in [-0.25, -0.2) is 19.2 Å². The molecule has 0 aliphatic carbocycles. The number of carbonyl (C=O) groups excluding carboxylic acids is 3. The fraction of sp³-hybridized carbons (Fsp3) is 0.457. The van der Waals surface area contributed by atoms with Crippen LogP contribution in [-0.4, -0.2) is 92.4 Å². The van der Waals surface area contributed by atoms with E-state index in [1.54, 1.807) is 47.6 Å². The molecule has 272 valence electrons. The predicted octanol–water partition coefficient (Wildman–Crippen LogP) is 3.07. The number of aliphatic hydroxyl groups is 1. The smallest absolute Gasteiger partial charge is 0.408 e. The summed E-state index contributed by atoms with van der Waals surface area (Å²) in [6, 6.07) is 4.87. The van der Waals surface area contributed by atoms with E-state index in [1.165, 1.54) is 30.3 Å². The second-order valence-electron chi connectivity index (χ2n) is 14.1. The number of benzene rings is 2. The highest BCUT2D eigenvalue weighted by Gasteiger charge is 2.31. The first-order valence-electron chi connectivity index (χ1n) is 15.9. The van der Waals surface area contributed by atoms with Gasteiger partial charge < -0.3 is 51.2 Å². The summed E-state index contributed by atoms with van der Waals surface area (Å²) in [7, 11) is 0. The van der Waals surface area contributed by atoms with Crippen molar-refractivity contribution in [2.45, 2.75) is 96.2 Å². The zero-order valence-electron chi connectivity index (χ0n) is 29.0. The van der Waals surface area contributed by atoms with E-state index in [9.17, 15) is 44.4 Å². The van der Waals surface area contributed by atoms with Gasteiger partial charge in [0, 0.05) is 31.5 Å². The molecule has 3 amide bonds. The van der Waals surface area contributed by atoms with Crippen molar-refractivity contribution in [2.24, 2.45) is 0 Å². The Hall–Kier alpha value is -5.31. The largest absolute Gasteiger partial charge is 0.508 e. The molecule has 0 saturated heterocycles. The first-order chi connectivity index (χ1) is 23.1. The van der Waals surface area contributed by atoms with Gasteiger partial charge in [0.1, 0.15) is 29.0 Å². The van der Waals surface area contributed by atoms with Gasteiger partial charge in [0.05, 0.1) is 17.7 Å². The van der Waals surface area contributed by atoms with Crippen LogP contribution in [0, 0.1) is 0 Å². The van der Waals surface area contributed by atoms with Crippen LogP contribution in [0.2, 0.25) is 0 Å². The van der Waals surface area contributed by atoms with Gasteiger partial charge in [0.15, 0.2) is 0 Å². The van der Waals surface area contributed by atoms with Crippen LogP contribution in [0.4, 0.5) is 9.59 Å². The number of carboxylic acid groups (broad SMARTS) is 2. The molecule has 1 aliphatic heterocycles. The van der Waals surface area contributed by atoms with Gasteiger partial charge in [-0.05, 0) is 88.1 Å². The number of hydrogen-bond donors (Lipinski definition) is 8. The Kier molecular flexibility index (Phi) is 12.5. The third-order valence-electron chi connectivity index (χ3n) is 7.31. The van der Waals surface area contributed by atoms with Crippen molar-refractivity contribution < 1.29 is 53.9 Å². The molecule has 50 heavy (non-hydrogen) atoms. The predicted molar refractivity (Wildman–Crippen MR) is 182 cm³/mol. The number of amides is 3. The summed E-state index contributed by atoms with van der Waals surface area (Å²) in [5.41, 5.74) is -0.447. The molecule has 3 rings (SSSR count). The SMILES string of the molecule is C=C1N[C@H](C(=O)O)Cc2cc(C(=O)O)cc(c2)-c2ccc(O)c(c2)CC(NC(=O)OC(C)(C)C)C(=O)N[C@H]1CC(O)CNC(=O)OC(C)(C)C. The third kappa shape index (κ3) is 12.0. The van der Waals surface area contributed by atoms with Gasteiger partial charge >= 0.3 is 24.1 Å². The molecule has 4 bridgehead atoms. The average molecular weight is 699 g/mol. The molecule has 2 unspecified atom stereocenters. The van der Waals surface area contributed by atoms with Crippen LogP contribution in [-0.2, 0) is 31.9 Å². The van der Waals surface area contributed by atoms with Crippen molar-refractivity contribution in [2.75, 3.05) is 6.54 Å². The monoisotopic (exact) mass is 698 g/mol. The molecule has 1 aliphatic rings. The molecule has 2 aromatic carbocycles. The van der Waals surface area contributed by atoms with E-state index < -0.39 is 65.5 Å². The van der Waals surface area contributed by atoms with Crippen molar-refractivity contribution in [1.82, 2.24) is 21.3 Å². The number of aliphatic carboxylic acids is 1. The lowest BCUT2D eigenvalue weighted by atomic mass is 9.94. The zero-order valence-corrected chi connectivity index (χ0v) is 29.0. The van der Waals surface area contributed by atoms with Gasteiger partial charge in [-0.1, -0.05) is 18.7 Å². The fourth-order valence-electron chi connectivity index (χ4n) is 5.10. The molecule has 15 heteroatoms. The number of phenols is 1. The minimum Gasteiger partial charge on any atom is -0.508 e. The van der Waals surface area contributed by atoms with Crippen molar-refractivity contribution in [3.05, 3.63) is 65.4 Å². The fourth-order valence-corrected chi connectivity index (χ4v) is 5.10. The van der Waals surface area contributed by atoms with E-state index in [2.05, 4.69) is 27.8 Å². The second kappa shape index (κ2) is 15.9. The molecule has 0 aromatic heterocycles. The summed E-state index contributed by atoms with van der Waals surface area (Å²) in [4.78, 5) is 63.5. The van der Waals surface area contributed by atoms with E-state index in [0.29, 0.717) is 16.7 Å². The van der Waals surface area contributed by atoms with Crippen LogP contribution in [0.25, 0.3) is 11.1 Å². The Morgan fingerprint density at radius 3 is 2.16 bits per heavy atom. The molecule has 15 nitrogen and oxygen atoms in total. The molecule has 0 saturated carbocycles. The van der Waals surface area contributed by atoms with Gasteiger partial charge in [-0.15, -0.1) is 0 Å². The summed E-state index contributed by atoms with van der Waals surface area (Å²) in [5.74, 6) is -3.57. The number of phenolic OH excluding ortho intramolecular Hbond substituents is 1. The molecule has 8 N–H and O–H groups in total. The Balaban J connectivity index is 2.10. The van der Waals surface area contributed by atoms with Gasteiger partial charge in [-0.3, -0.25) is 4.79 Å². The molecular formula is C35H46N4O11. The summed E-state index contributed by atoms with van der Waals surface area (Å²) < 4.78 is 10.6. The quantitative estimate of drug-likeness (QED) is 0.209. The van der Waals surface area contributed by atoms with Gasteiger partial charge in [0.2, 0.25) is 5.91 Å². The Labute approximate surface area is 290 Å². The molecule has 0 radical (unpaired) electrons. The average Bonchev–Trinajstić information content (AvgIpc) is 2.97. The number of carbonyl (C=O) groups is 5. The number of carboxylic acids is 2.